The Kier molecular flexibility index (Phi) is 5.64. The summed E-state index contributed by atoms with van der Waals surface area (Å²) in [7, 11) is 0. The molecule has 2 heteroatoms. The van der Waals surface area contributed by atoms with E-state index in [1.165, 1.54) is 6.42 Å². The van der Waals surface area contributed by atoms with Gasteiger partial charge in [0.25, 0.3) is 0 Å². The summed E-state index contributed by atoms with van der Waals surface area (Å²) in [5.41, 5.74) is 0. The Bertz CT molecular complexity index is 73.7. The van der Waals surface area contributed by atoms with Crippen LogP contribution in [0.15, 0.2) is 0 Å². The van der Waals surface area contributed by atoms with E-state index in [0.29, 0.717) is 6.04 Å². The molecule has 0 heterocycles. The van der Waals surface area contributed by atoms with Crippen LogP contribution in [0, 0.1) is 0 Å². The van der Waals surface area contributed by atoms with Gasteiger partial charge in [-0.05, 0) is 19.8 Å². The lowest BCUT2D eigenvalue weighted by atomic mass is 10.2. The van der Waals surface area contributed by atoms with Crippen molar-refractivity contribution in [3.63, 3.8) is 0 Å². The predicted molar refractivity (Wildman–Crippen MR) is 44.5 cm³/mol. The van der Waals surface area contributed by atoms with Crippen LogP contribution in [0.3, 0.4) is 0 Å². The van der Waals surface area contributed by atoms with Crippen molar-refractivity contribution in [1.29, 1.82) is 0 Å². The van der Waals surface area contributed by atoms with Gasteiger partial charge < -0.3 is 0 Å². The zero-order valence-corrected chi connectivity index (χ0v) is 7.35. The molecule has 0 aliphatic carbocycles. The summed E-state index contributed by atoms with van der Waals surface area (Å²) in [6, 6.07) is 0.423. The average Bonchev–Trinajstić information content (AvgIpc) is 1.98. The molecule has 1 radical (unpaired) electrons. The molecule has 0 aromatic heterocycles. The molecule has 2 nitrogen and oxygen atoms in total. The van der Waals surface area contributed by atoms with Gasteiger partial charge in [-0.2, -0.15) is 5.84 Å². The first-order chi connectivity index (χ1) is 4.72. The summed E-state index contributed by atoms with van der Waals surface area (Å²) in [4.78, 5) is 0. The molecule has 0 spiro atoms. The molecule has 0 saturated carbocycles. The third kappa shape index (κ3) is 3.85. The van der Waals surface area contributed by atoms with Gasteiger partial charge in [0.05, 0.1) is 0 Å². The lowest BCUT2D eigenvalue weighted by molar-refractivity contribution is 0.191. The first-order valence-electron chi connectivity index (χ1n) is 4.20. The molecule has 0 aromatic rings. The van der Waals surface area contributed by atoms with Gasteiger partial charge in [-0.3, -0.25) is 0 Å². The highest BCUT2D eigenvalue weighted by atomic mass is 15.4. The second-order valence-corrected chi connectivity index (χ2v) is 2.80. The first kappa shape index (κ1) is 9.92. The van der Waals surface area contributed by atoms with Crippen LogP contribution in [-0.2, 0) is 0 Å². The minimum atomic E-state index is 0.423. The third-order valence-corrected chi connectivity index (χ3v) is 1.88. The number of nitrogens with one attached hydrogen (secondary N) is 1. The molecule has 0 saturated heterocycles. The van der Waals surface area contributed by atoms with Crippen LogP contribution >= 0.6 is 0 Å². The average molecular weight is 143 g/mol. The number of rotatable bonds is 5. The van der Waals surface area contributed by atoms with Crippen molar-refractivity contribution in [2.24, 2.45) is 0 Å². The molecular weight excluding hydrogens is 124 g/mol. The first-order valence-corrected chi connectivity index (χ1v) is 4.20. The summed E-state index contributed by atoms with van der Waals surface area (Å²) in [5.74, 6) is 7.51. The van der Waals surface area contributed by atoms with Gasteiger partial charge in [-0.25, -0.2) is 5.01 Å². The maximum Gasteiger partial charge on any atom is 0.0226 e. The van der Waals surface area contributed by atoms with Crippen LogP contribution in [0.2, 0.25) is 0 Å². The highest BCUT2D eigenvalue weighted by Crippen LogP contribution is 2.00. The number of hydrogen-bond donors (Lipinski definition) is 0. The number of nitrogens with zero attached hydrogens (tertiary/aromatic N) is 1. The van der Waals surface area contributed by atoms with Crippen molar-refractivity contribution in [1.82, 2.24) is 10.9 Å². The van der Waals surface area contributed by atoms with Gasteiger partial charge in [-0.1, -0.05) is 20.3 Å². The molecule has 1 unspecified atom stereocenters. The molecule has 0 aromatic carbocycles. The van der Waals surface area contributed by atoms with Gasteiger partial charge in [-0.15, -0.1) is 0 Å². The standard InChI is InChI=1S/C8H19N2/c1-4-6-7-10(9)8(3)5-2/h8-9H,4-7H2,1-3H3. The van der Waals surface area contributed by atoms with Crippen molar-refractivity contribution in [3.05, 3.63) is 0 Å². The summed E-state index contributed by atoms with van der Waals surface area (Å²) in [5, 5.41) is 1.68. The van der Waals surface area contributed by atoms with E-state index in [4.69, 9.17) is 5.84 Å². The van der Waals surface area contributed by atoms with Gasteiger partial charge in [0.1, 0.15) is 0 Å². The topological polar surface area (TPSA) is 27.0 Å². The Morgan fingerprint density at radius 3 is 2.40 bits per heavy atom. The Hall–Kier alpha value is -0.0800. The van der Waals surface area contributed by atoms with Crippen LogP contribution in [-0.4, -0.2) is 17.6 Å². The monoisotopic (exact) mass is 143 g/mol. The molecule has 10 heavy (non-hydrogen) atoms. The largest absolute Gasteiger partial charge is 0.227 e. The predicted octanol–water partition coefficient (Wildman–Crippen LogP) is 2.08. The van der Waals surface area contributed by atoms with Crippen molar-refractivity contribution in [2.45, 2.75) is 46.1 Å². The Morgan fingerprint density at radius 1 is 1.40 bits per heavy atom. The molecular formula is C8H19N2. The lowest BCUT2D eigenvalue weighted by Crippen LogP contribution is -2.31. The maximum absolute atomic E-state index is 7.51. The molecule has 0 aliphatic heterocycles. The molecule has 0 amide bonds. The number of hydrogen-bond acceptors (Lipinski definition) is 1. The quantitative estimate of drug-likeness (QED) is 0.541. The zero-order chi connectivity index (χ0) is 7.98. The second kappa shape index (κ2) is 5.69. The maximum atomic E-state index is 7.51. The van der Waals surface area contributed by atoms with E-state index in [0.717, 1.165) is 19.4 Å². The Labute approximate surface area is 64.4 Å². The van der Waals surface area contributed by atoms with E-state index in [1.54, 1.807) is 5.01 Å². The zero-order valence-electron chi connectivity index (χ0n) is 7.35. The van der Waals surface area contributed by atoms with Crippen LogP contribution in [0.4, 0.5) is 0 Å². The molecule has 0 aliphatic rings. The lowest BCUT2D eigenvalue weighted by Gasteiger charge is -2.20. The molecule has 61 valence electrons. The molecule has 0 bridgehead atoms. The van der Waals surface area contributed by atoms with Crippen LogP contribution in [0.1, 0.15) is 40.0 Å². The molecule has 1 N–H and O–H groups in total. The second-order valence-electron chi connectivity index (χ2n) is 2.80. The summed E-state index contributed by atoms with van der Waals surface area (Å²) < 4.78 is 0. The van der Waals surface area contributed by atoms with Gasteiger partial charge >= 0.3 is 0 Å². The normalized spacial score (nSPS) is 14.1. The Balaban J connectivity index is 3.31. The summed E-state index contributed by atoms with van der Waals surface area (Å²) in [6.07, 6.45) is 3.41. The van der Waals surface area contributed by atoms with Crippen molar-refractivity contribution in [2.75, 3.05) is 6.54 Å². The fourth-order valence-electron chi connectivity index (χ4n) is 0.769. The van der Waals surface area contributed by atoms with Crippen molar-refractivity contribution < 1.29 is 0 Å². The van der Waals surface area contributed by atoms with Gasteiger partial charge in [0, 0.05) is 12.6 Å². The van der Waals surface area contributed by atoms with Crippen LogP contribution in [0.5, 0.6) is 0 Å². The molecule has 0 fully saturated rings. The minimum absolute atomic E-state index is 0.423. The minimum Gasteiger partial charge on any atom is -0.227 e. The fourth-order valence-corrected chi connectivity index (χ4v) is 0.769. The smallest absolute Gasteiger partial charge is 0.0226 e. The molecule has 1 atom stereocenters. The summed E-state index contributed by atoms with van der Waals surface area (Å²) in [6.45, 7) is 7.30. The number of unbranched alkanes of at least 4 members (excludes halogenated alkanes) is 1. The highest BCUT2D eigenvalue weighted by molar-refractivity contribution is 4.57. The van der Waals surface area contributed by atoms with E-state index < -0.39 is 0 Å². The SMILES string of the molecule is CCCCN([NH])C(C)CC. The summed E-state index contributed by atoms with van der Waals surface area (Å²) >= 11 is 0. The highest BCUT2D eigenvalue weighted by Gasteiger charge is 2.05. The van der Waals surface area contributed by atoms with E-state index in [2.05, 4.69) is 20.8 Å². The van der Waals surface area contributed by atoms with E-state index in [9.17, 15) is 0 Å². The third-order valence-electron chi connectivity index (χ3n) is 1.88. The molecule has 0 rings (SSSR count). The van der Waals surface area contributed by atoms with E-state index in [1.807, 2.05) is 0 Å². The fraction of sp³-hybridized carbons (Fsp3) is 1.00. The van der Waals surface area contributed by atoms with E-state index >= 15 is 0 Å². The van der Waals surface area contributed by atoms with Gasteiger partial charge in [0.2, 0.25) is 0 Å². The van der Waals surface area contributed by atoms with Crippen molar-refractivity contribution in [3.8, 4) is 0 Å². The van der Waals surface area contributed by atoms with Crippen LogP contribution < -0.4 is 5.84 Å². The van der Waals surface area contributed by atoms with Crippen LogP contribution in [0.25, 0.3) is 0 Å². The van der Waals surface area contributed by atoms with Gasteiger partial charge in [0.15, 0.2) is 0 Å². The Morgan fingerprint density at radius 2 is 2.00 bits per heavy atom. The van der Waals surface area contributed by atoms with E-state index in [-0.39, 0.29) is 0 Å². The van der Waals surface area contributed by atoms with Crippen molar-refractivity contribution >= 4 is 0 Å².